The highest BCUT2D eigenvalue weighted by atomic mass is 16.6. The first-order valence-corrected chi connectivity index (χ1v) is 4.35. The zero-order valence-corrected chi connectivity index (χ0v) is 7.62. The molecule has 0 spiro atoms. The smallest absolute Gasteiger partial charge is 0.162 e. The van der Waals surface area contributed by atoms with Gasteiger partial charge in [-0.05, 0) is 11.6 Å². The summed E-state index contributed by atoms with van der Waals surface area (Å²) in [6.07, 6.45) is 0. The molecule has 3 nitrogen and oxygen atoms in total. The number of rotatable bonds is 2. The normalized spacial score (nSPS) is 14.2. The average Bonchev–Trinajstić information content (AvgIpc) is 2.19. The van der Waals surface area contributed by atoms with Gasteiger partial charge in [-0.15, -0.1) is 6.54 Å². The Labute approximate surface area is 77.7 Å². The Bertz CT molecular complexity index is 299. The molecule has 0 bridgehead atoms. The van der Waals surface area contributed by atoms with Crippen molar-refractivity contribution in [3.63, 3.8) is 0 Å². The third-order valence-electron chi connectivity index (χ3n) is 1.98. The molecular weight excluding hydrogens is 166 g/mol. The Morgan fingerprint density at radius 1 is 1.31 bits per heavy atom. The monoisotopic (exact) mass is 178 g/mol. The minimum atomic E-state index is 0.633. The van der Waals surface area contributed by atoms with Gasteiger partial charge in [0, 0.05) is 0 Å². The summed E-state index contributed by atoms with van der Waals surface area (Å²) in [5, 5.41) is 4.08. The van der Waals surface area contributed by atoms with Crippen LogP contribution in [0.5, 0.6) is 11.5 Å². The number of ether oxygens (including phenoxy) is 2. The standard InChI is InChI=1S/C10H12NO2/c1-11-7-8-3-2-4-9-10(8)13-6-5-12-9/h2-4H,5-7H2,1H3/q-1. The largest absolute Gasteiger partial charge is 0.661 e. The van der Waals surface area contributed by atoms with E-state index in [4.69, 9.17) is 9.47 Å². The minimum Gasteiger partial charge on any atom is -0.661 e. The zero-order chi connectivity index (χ0) is 9.10. The van der Waals surface area contributed by atoms with Crippen molar-refractivity contribution in [2.45, 2.75) is 6.54 Å². The van der Waals surface area contributed by atoms with Gasteiger partial charge in [0.05, 0.1) is 0 Å². The van der Waals surface area contributed by atoms with Gasteiger partial charge in [0.1, 0.15) is 13.2 Å². The van der Waals surface area contributed by atoms with Gasteiger partial charge in [-0.1, -0.05) is 12.1 Å². The summed E-state index contributed by atoms with van der Waals surface area (Å²) >= 11 is 0. The maximum atomic E-state index is 5.52. The molecule has 1 aromatic rings. The Morgan fingerprint density at radius 3 is 3.00 bits per heavy atom. The lowest BCUT2D eigenvalue weighted by Crippen LogP contribution is -2.16. The van der Waals surface area contributed by atoms with Crippen LogP contribution in [0, 0.1) is 0 Å². The fraction of sp³-hybridized carbons (Fsp3) is 0.400. The Kier molecular flexibility index (Phi) is 2.36. The molecule has 0 amide bonds. The maximum absolute atomic E-state index is 5.52. The van der Waals surface area contributed by atoms with Crippen molar-refractivity contribution in [1.29, 1.82) is 0 Å². The van der Waals surface area contributed by atoms with E-state index < -0.39 is 0 Å². The first kappa shape index (κ1) is 8.38. The molecule has 0 unspecified atom stereocenters. The number of fused-ring (bicyclic) bond motifs is 1. The lowest BCUT2D eigenvalue weighted by atomic mass is 10.2. The second-order valence-corrected chi connectivity index (χ2v) is 2.92. The molecule has 0 aromatic heterocycles. The van der Waals surface area contributed by atoms with Crippen LogP contribution in [0.25, 0.3) is 5.32 Å². The highest BCUT2D eigenvalue weighted by molar-refractivity contribution is 5.48. The van der Waals surface area contributed by atoms with E-state index in [9.17, 15) is 0 Å². The SMILES string of the molecule is C[N-]Cc1cccc2c1OCCO2. The highest BCUT2D eigenvalue weighted by Crippen LogP contribution is 2.34. The molecule has 1 heterocycles. The molecule has 0 atom stereocenters. The second-order valence-electron chi connectivity index (χ2n) is 2.92. The summed E-state index contributed by atoms with van der Waals surface area (Å²) < 4.78 is 11.0. The van der Waals surface area contributed by atoms with Crippen LogP contribution >= 0.6 is 0 Å². The molecular formula is C10H12NO2-. The van der Waals surface area contributed by atoms with Crippen molar-refractivity contribution in [2.24, 2.45) is 0 Å². The lowest BCUT2D eigenvalue weighted by molar-refractivity contribution is 0.170. The van der Waals surface area contributed by atoms with Crippen molar-refractivity contribution in [1.82, 2.24) is 0 Å². The van der Waals surface area contributed by atoms with E-state index in [0.29, 0.717) is 19.8 Å². The molecule has 1 aliphatic rings. The van der Waals surface area contributed by atoms with Gasteiger partial charge in [-0.3, -0.25) is 0 Å². The van der Waals surface area contributed by atoms with Crippen molar-refractivity contribution < 1.29 is 9.47 Å². The maximum Gasteiger partial charge on any atom is 0.162 e. The quantitative estimate of drug-likeness (QED) is 0.693. The van der Waals surface area contributed by atoms with E-state index >= 15 is 0 Å². The van der Waals surface area contributed by atoms with Crippen LogP contribution < -0.4 is 9.47 Å². The Balaban J connectivity index is 2.34. The van der Waals surface area contributed by atoms with Crippen molar-refractivity contribution in [3.05, 3.63) is 29.1 Å². The number of benzene rings is 1. The molecule has 0 aliphatic carbocycles. The third-order valence-corrected chi connectivity index (χ3v) is 1.98. The Morgan fingerprint density at radius 2 is 2.15 bits per heavy atom. The van der Waals surface area contributed by atoms with E-state index in [2.05, 4.69) is 5.32 Å². The second kappa shape index (κ2) is 3.66. The fourth-order valence-corrected chi connectivity index (χ4v) is 1.43. The minimum absolute atomic E-state index is 0.633. The van der Waals surface area contributed by atoms with Gasteiger partial charge in [-0.25, -0.2) is 0 Å². The molecule has 0 saturated heterocycles. The van der Waals surface area contributed by atoms with Crippen molar-refractivity contribution in [2.75, 3.05) is 20.3 Å². The van der Waals surface area contributed by atoms with Gasteiger partial charge in [0.15, 0.2) is 11.5 Å². The van der Waals surface area contributed by atoms with Gasteiger partial charge < -0.3 is 14.8 Å². The number of nitrogens with zero attached hydrogens (tertiary/aromatic N) is 1. The van der Waals surface area contributed by atoms with Gasteiger partial charge >= 0.3 is 0 Å². The Hall–Kier alpha value is -1.22. The first-order chi connectivity index (χ1) is 6.42. The summed E-state index contributed by atoms with van der Waals surface area (Å²) in [7, 11) is 1.79. The van der Waals surface area contributed by atoms with Crippen LogP contribution in [0.3, 0.4) is 0 Å². The molecule has 70 valence electrons. The average molecular weight is 178 g/mol. The summed E-state index contributed by atoms with van der Waals surface area (Å²) in [5.74, 6) is 1.70. The number of hydrogen-bond acceptors (Lipinski definition) is 2. The molecule has 1 aliphatic heterocycles. The van der Waals surface area contributed by atoms with Crippen LogP contribution in [-0.2, 0) is 6.54 Å². The molecule has 2 rings (SSSR count). The zero-order valence-electron chi connectivity index (χ0n) is 7.62. The molecule has 13 heavy (non-hydrogen) atoms. The lowest BCUT2D eigenvalue weighted by Gasteiger charge is -2.23. The van der Waals surface area contributed by atoms with Crippen LogP contribution in [0.2, 0.25) is 0 Å². The number of para-hydroxylation sites is 1. The summed E-state index contributed by atoms with van der Waals surface area (Å²) in [5.41, 5.74) is 1.10. The van der Waals surface area contributed by atoms with E-state index in [-0.39, 0.29) is 0 Å². The molecule has 0 fully saturated rings. The summed E-state index contributed by atoms with van der Waals surface area (Å²) in [6, 6.07) is 5.90. The van der Waals surface area contributed by atoms with Crippen LogP contribution in [0.1, 0.15) is 5.56 Å². The molecule has 0 N–H and O–H groups in total. The van der Waals surface area contributed by atoms with Crippen LogP contribution in [0.4, 0.5) is 0 Å². The van der Waals surface area contributed by atoms with Crippen LogP contribution in [0.15, 0.2) is 18.2 Å². The summed E-state index contributed by atoms with van der Waals surface area (Å²) in [4.78, 5) is 0. The topological polar surface area (TPSA) is 32.6 Å². The first-order valence-electron chi connectivity index (χ1n) is 4.35. The van der Waals surface area contributed by atoms with Crippen molar-refractivity contribution in [3.8, 4) is 11.5 Å². The molecule has 3 heteroatoms. The highest BCUT2D eigenvalue weighted by Gasteiger charge is 2.12. The van der Waals surface area contributed by atoms with E-state index in [1.165, 1.54) is 0 Å². The van der Waals surface area contributed by atoms with Gasteiger partial charge in [0.25, 0.3) is 0 Å². The summed E-state index contributed by atoms with van der Waals surface area (Å²) in [6.45, 7) is 1.96. The van der Waals surface area contributed by atoms with Gasteiger partial charge in [-0.2, -0.15) is 7.05 Å². The predicted molar refractivity (Wildman–Crippen MR) is 50.4 cm³/mol. The van der Waals surface area contributed by atoms with Crippen molar-refractivity contribution >= 4 is 0 Å². The van der Waals surface area contributed by atoms with Crippen LogP contribution in [-0.4, -0.2) is 20.3 Å². The predicted octanol–water partition coefficient (Wildman–Crippen LogP) is 1.96. The molecule has 0 radical (unpaired) electrons. The number of hydrogen-bond donors (Lipinski definition) is 0. The van der Waals surface area contributed by atoms with Gasteiger partial charge in [0.2, 0.25) is 0 Å². The van der Waals surface area contributed by atoms with E-state index in [1.54, 1.807) is 7.05 Å². The van der Waals surface area contributed by atoms with E-state index in [1.807, 2.05) is 18.2 Å². The molecule has 1 aromatic carbocycles. The van der Waals surface area contributed by atoms with E-state index in [0.717, 1.165) is 17.1 Å². The molecule has 0 saturated carbocycles. The fourth-order valence-electron chi connectivity index (χ4n) is 1.43. The third kappa shape index (κ3) is 1.60.